The lowest BCUT2D eigenvalue weighted by atomic mass is 10.0. The number of carbonyl (C=O) groups excluding carboxylic acids is 1. The molecule has 1 heterocycles. The molecule has 0 radical (unpaired) electrons. The fourth-order valence-electron chi connectivity index (χ4n) is 2.99. The Balaban J connectivity index is 0.000000806. The molecule has 0 saturated heterocycles. The zero-order valence-electron chi connectivity index (χ0n) is 16.7. The van der Waals surface area contributed by atoms with Crippen molar-refractivity contribution < 1.29 is 13.9 Å². The maximum absolute atomic E-state index is 13.7. The first-order valence-corrected chi connectivity index (χ1v) is 10.3. The van der Waals surface area contributed by atoms with E-state index in [-0.39, 0.29) is 5.82 Å². The third kappa shape index (κ3) is 5.51. The predicted molar refractivity (Wildman–Crippen MR) is 122 cm³/mol. The molecule has 4 rings (SSSR count). The summed E-state index contributed by atoms with van der Waals surface area (Å²) in [4.78, 5) is 13.5. The van der Waals surface area contributed by atoms with E-state index >= 15 is 0 Å². The zero-order chi connectivity index (χ0) is 21.5. The van der Waals surface area contributed by atoms with Crippen LogP contribution in [0.25, 0.3) is 10.9 Å². The van der Waals surface area contributed by atoms with Gasteiger partial charge in [0.2, 0.25) is 5.88 Å². The third-order valence-electron chi connectivity index (χ3n) is 4.41. The van der Waals surface area contributed by atoms with Crippen LogP contribution in [-0.2, 0) is 11.2 Å². The van der Waals surface area contributed by atoms with E-state index in [2.05, 4.69) is 34.1 Å². The molecule has 0 atom stereocenters. The summed E-state index contributed by atoms with van der Waals surface area (Å²) in [5.74, 6) is 0.653. The van der Waals surface area contributed by atoms with Crippen LogP contribution in [0.2, 0.25) is 0 Å². The molecule has 5 heteroatoms. The Morgan fingerprint density at radius 1 is 1.03 bits per heavy atom. The number of fused-ring (bicyclic) bond motifs is 1. The molecule has 0 spiro atoms. The van der Waals surface area contributed by atoms with E-state index in [9.17, 15) is 4.39 Å². The summed E-state index contributed by atoms with van der Waals surface area (Å²) in [5.41, 5.74) is 3.81. The monoisotopic (exact) mass is 465 g/mol. The van der Waals surface area contributed by atoms with Gasteiger partial charge in [-0.3, -0.25) is 0 Å². The number of carbonyl (C=O) groups is 1. The molecule has 152 valence electrons. The molecule has 3 nitrogen and oxygen atoms in total. The van der Waals surface area contributed by atoms with Gasteiger partial charge in [0, 0.05) is 27.9 Å². The molecule has 0 fully saturated rings. The predicted octanol–water partition coefficient (Wildman–Crippen LogP) is 7.03. The number of hydrogen-bond acceptors (Lipinski definition) is 3. The second-order valence-electron chi connectivity index (χ2n) is 6.70. The van der Waals surface area contributed by atoms with E-state index in [0.29, 0.717) is 18.1 Å². The summed E-state index contributed by atoms with van der Waals surface area (Å²) in [5, 5.41) is 1.03. The number of aryl methyl sites for hydroxylation is 1. The van der Waals surface area contributed by atoms with E-state index in [4.69, 9.17) is 14.5 Å². The number of rotatable bonds is 4. The Bertz CT molecular complexity index is 1160. The summed E-state index contributed by atoms with van der Waals surface area (Å²) in [7, 11) is 0. The third-order valence-corrected chi connectivity index (χ3v) is 4.90. The molecule has 0 unspecified atom stereocenters. The topological polar surface area (TPSA) is 39.2 Å². The lowest BCUT2D eigenvalue weighted by Crippen LogP contribution is -1.99. The fraction of sp³-hybridized carbons (Fsp3) is 0.120. The molecule has 1 aromatic heterocycles. The molecule has 0 aliphatic rings. The summed E-state index contributed by atoms with van der Waals surface area (Å²) in [6.45, 7) is 3.34. The van der Waals surface area contributed by atoms with Crippen LogP contribution in [-0.4, -0.2) is 11.3 Å². The minimum Gasteiger partial charge on any atom is -0.438 e. The van der Waals surface area contributed by atoms with Crippen LogP contribution in [0, 0.1) is 12.7 Å². The Hall–Kier alpha value is -3.05. The van der Waals surface area contributed by atoms with Crippen LogP contribution >= 0.6 is 15.9 Å². The zero-order valence-corrected chi connectivity index (χ0v) is 18.3. The Kier molecular flexibility index (Phi) is 7.31. The van der Waals surface area contributed by atoms with Gasteiger partial charge < -0.3 is 9.53 Å². The number of hydrogen-bond donors (Lipinski definition) is 0. The van der Waals surface area contributed by atoms with Crippen LogP contribution in [0.1, 0.15) is 23.6 Å². The molecular formula is C25H21BrFNO2. The van der Waals surface area contributed by atoms with Crippen molar-refractivity contribution in [2.24, 2.45) is 0 Å². The van der Waals surface area contributed by atoms with Crippen molar-refractivity contribution in [3.63, 3.8) is 0 Å². The van der Waals surface area contributed by atoms with Crippen molar-refractivity contribution in [3.05, 3.63) is 99.8 Å². The molecule has 0 aliphatic carbocycles. The smallest absolute Gasteiger partial charge is 0.223 e. The maximum atomic E-state index is 13.7. The van der Waals surface area contributed by atoms with Crippen molar-refractivity contribution in [1.29, 1.82) is 0 Å². The van der Waals surface area contributed by atoms with Crippen molar-refractivity contribution >= 4 is 33.1 Å². The number of pyridine rings is 1. The quantitative estimate of drug-likeness (QED) is 0.303. The number of aromatic nitrogens is 1. The van der Waals surface area contributed by atoms with E-state index in [1.807, 2.05) is 43.3 Å². The van der Waals surface area contributed by atoms with Crippen LogP contribution in [0.5, 0.6) is 11.6 Å². The van der Waals surface area contributed by atoms with E-state index in [1.165, 1.54) is 19.1 Å². The highest BCUT2D eigenvalue weighted by Gasteiger charge is 2.13. The van der Waals surface area contributed by atoms with Gasteiger partial charge in [-0.05, 0) is 55.3 Å². The largest absolute Gasteiger partial charge is 0.438 e. The highest BCUT2D eigenvalue weighted by Crippen LogP contribution is 2.31. The highest BCUT2D eigenvalue weighted by molar-refractivity contribution is 9.10. The molecule has 0 aliphatic heterocycles. The summed E-state index contributed by atoms with van der Waals surface area (Å²) < 4.78 is 20.8. The maximum Gasteiger partial charge on any atom is 0.223 e. The van der Waals surface area contributed by atoms with Crippen LogP contribution in [0.15, 0.2) is 77.3 Å². The van der Waals surface area contributed by atoms with Gasteiger partial charge in [-0.25, -0.2) is 9.37 Å². The van der Waals surface area contributed by atoms with Gasteiger partial charge in [0.15, 0.2) is 0 Å². The minimum atomic E-state index is -0.329. The van der Waals surface area contributed by atoms with E-state index in [1.54, 1.807) is 6.07 Å². The highest BCUT2D eigenvalue weighted by atomic mass is 79.9. The van der Waals surface area contributed by atoms with Crippen LogP contribution in [0.4, 0.5) is 4.39 Å². The molecule has 0 N–H and O–H groups in total. The number of ether oxygens (including phenoxy) is 1. The van der Waals surface area contributed by atoms with Crippen molar-refractivity contribution in [2.45, 2.75) is 20.3 Å². The first-order valence-electron chi connectivity index (χ1n) is 9.47. The Labute approximate surface area is 183 Å². The Morgan fingerprint density at radius 3 is 2.50 bits per heavy atom. The van der Waals surface area contributed by atoms with Gasteiger partial charge in [0.25, 0.3) is 0 Å². The van der Waals surface area contributed by atoms with Crippen LogP contribution < -0.4 is 4.74 Å². The average molecular weight is 466 g/mol. The summed E-state index contributed by atoms with van der Waals surface area (Å²) in [6.07, 6.45) is 1.43. The number of halogens is 2. The summed E-state index contributed by atoms with van der Waals surface area (Å²) >= 11 is 3.51. The molecule has 30 heavy (non-hydrogen) atoms. The van der Waals surface area contributed by atoms with Gasteiger partial charge in [-0.1, -0.05) is 52.3 Å². The lowest BCUT2D eigenvalue weighted by molar-refractivity contribution is -0.106. The van der Waals surface area contributed by atoms with Crippen molar-refractivity contribution in [3.8, 4) is 11.6 Å². The standard InChI is InChI=1S/C23H17BrFNO.C2H4O/c1-15-7-9-20(25)14-22(15)27-23-18(11-16-5-3-2-4-6-16)12-17-13-19(24)8-10-21(17)26-23;1-2-3/h2-10,12-14H,11H2,1H3;2H,1H3. The van der Waals surface area contributed by atoms with Gasteiger partial charge in [-0.2, -0.15) is 0 Å². The molecular weight excluding hydrogens is 445 g/mol. The number of aldehydes is 1. The number of nitrogens with zero attached hydrogens (tertiary/aromatic N) is 1. The van der Waals surface area contributed by atoms with Crippen molar-refractivity contribution in [2.75, 3.05) is 0 Å². The fourth-order valence-corrected chi connectivity index (χ4v) is 3.37. The van der Waals surface area contributed by atoms with E-state index in [0.717, 1.165) is 38.4 Å². The van der Waals surface area contributed by atoms with Crippen LogP contribution in [0.3, 0.4) is 0 Å². The van der Waals surface area contributed by atoms with Gasteiger partial charge in [-0.15, -0.1) is 0 Å². The molecule has 4 aromatic rings. The minimum absolute atomic E-state index is 0.329. The normalized spacial score (nSPS) is 10.3. The molecule has 0 bridgehead atoms. The van der Waals surface area contributed by atoms with Gasteiger partial charge in [0.05, 0.1) is 5.52 Å². The van der Waals surface area contributed by atoms with Gasteiger partial charge >= 0.3 is 0 Å². The van der Waals surface area contributed by atoms with Crippen molar-refractivity contribution in [1.82, 2.24) is 4.98 Å². The average Bonchev–Trinajstić information content (AvgIpc) is 2.72. The number of benzene rings is 3. The SMILES string of the molecule is CC=O.Cc1ccc(F)cc1Oc1nc2ccc(Br)cc2cc1Cc1ccccc1. The second kappa shape index (κ2) is 10.1. The first kappa shape index (κ1) is 21.7. The summed E-state index contributed by atoms with van der Waals surface area (Å²) in [6, 6.07) is 22.7. The van der Waals surface area contributed by atoms with E-state index < -0.39 is 0 Å². The second-order valence-corrected chi connectivity index (χ2v) is 7.62. The van der Waals surface area contributed by atoms with Gasteiger partial charge in [0.1, 0.15) is 17.9 Å². The Morgan fingerprint density at radius 2 is 1.77 bits per heavy atom. The molecule has 0 amide bonds. The molecule has 3 aromatic carbocycles. The first-order chi connectivity index (χ1) is 14.5. The molecule has 0 saturated carbocycles. The lowest BCUT2D eigenvalue weighted by Gasteiger charge is -2.14.